The van der Waals surface area contributed by atoms with E-state index in [-0.39, 0.29) is 5.75 Å². The molecule has 80 valence electrons. The van der Waals surface area contributed by atoms with E-state index in [2.05, 4.69) is 0 Å². The highest BCUT2D eigenvalue weighted by Crippen LogP contribution is 1.98. The number of sulfonamides is 1. The van der Waals surface area contributed by atoms with Gasteiger partial charge in [-0.3, -0.25) is 0 Å². The van der Waals surface area contributed by atoms with Gasteiger partial charge in [0.15, 0.2) is 0 Å². The van der Waals surface area contributed by atoms with Gasteiger partial charge in [-0.15, -0.1) is 0 Å². The second-order valence-electron chi connectivity index (χ2n) is 3.38. The molecule has 0 rings (SSSR count). The van der Waals surface area contributed by atoms with Gasteiger partial charge in [0.2, 0.25) is 10.0 Å². The lowest BCUT2D eigenvalue weighted by Gasteiger charge is -2.17. The maximum absolute atomic E-state index is 11.3. The van der Waals surface area contributed by atoms with Gasteiger partial charge in [-0.1, -0.05) is 0 Å². The molecule has 0 bridgehead atoms. The number of hydrogen-bond acceptors (Lipinski definition) is 3. The zero-order chi connectivity index (χ0) is 10.5. The van der Waals surface area contributed by atoms with E-state index in [1.165, 1.54) is 4.31 Å². The molecule has 0 saturated heterocycles. The maximum Gasteiger partial charge on any atom is 0.213 e. The minimum Gasteiger partial charge on any atom is -0.309 e. The Morgan fingerprint density at radius 3 is 2.00 bits per heavy atom. The fourth-order valence-electron chi connectivity index (χ4n) is 0.969. The van der Waals surface area contributed by atoms with E-state index in [4.69, 9.17) is 0 Å². The topological polar surface area (TPSA) is 40.6 Å². The summed E-state index contributed by atoms with van der Waals surface area (Å²) in [6.07, 6.45) is 0.878. The highest BCUT2D eigenvalue weighted by Gasteiger charge is 2.13. The Labute approximate surface area is 81.6 Å². The summed E-state index contributed by atoms with van der Waals surface area (Å²) in [7, 11) is 2.61. The van der Waals surface area contributed by atoms with Crippen molar-refractivity contribution in [2.75, 3.05) is 40.0 Å². The summed E-state index contributed by atoms with van der Waals surface area (Å²) in [5.41, 5.74) is 0. The molecule has 0 atom stereocenters. The van der Waals surface area contributed by atoms with Crippen molar-refractivity contribution >= 4 is 10.0 Å². The molecule has 0 aromatic heterocycles. The Morgan fingerprint density at radius 2 is 1.62 bits per heavy atom. The highest BCUT2D eigenvalue weighted by molar-refractivity contribution is 7.89. The van der Waals surface area contributed by atoms with E-state index in [0.717, 1.165) is 13.0 Å². The van der Waals surface area contributed by atoms with E-state index in [1.54, 1.807) is 14.0 Å². The fraction of sp³-hybridized carbons (Fsp3) is 1.00. The molecule has 5 heteroatoms. The van der Waals surface area contributed by atoms with Crippen LogP contribution < -0.4 is 0 Å². The number of nitrogens with zero attached hydrogens (tertiary/aromatic N) is 2. The zero-order valence-corrected chi connectivity index (χ0v) is 9.76. The minimum atomic E-state index is -2.98. The van der Waals surface area contributed by atoms with E-state index in [9.17, 15) is 8.42 Å². The van der Waals surface area contributed by atoms with Crippen molar-refractivity contribution in [2.45, 2.75) is 13.3 Å². The van der Waals surface area contributed by atoms with Crippen molar-refractivity contribution in [3.63, 3.8) is 0 Å². The standard InChI is InChI=1S/C8H20N2O2S/c1-5-13(11,12)10(4)8-6-7-9(2)3/h5-8H2,1-4H3. The first-order valence-electron chi connectivity index (χ1n) is 4.49. The zero-order valence-electron chi connectivity index (χ0n) is 8.95. The average Bonchev–Trinajstić information content (AvgIpc) is 2.03. The smallest absolute Gasteiger partial charge is 0.213 e. The molecule has 0 aromatic carbocycles. The quantitative estimate of drug-likeness (QED) is 0.627. The molecule has 0 aliphatic carbocycles. The van der Waals surface area contributed by atoms with Gasteiger partial charge in [-0.2, -0.15) is 0 Å². The first-order valence-corrected chi connectivity index (χ1v) is 6.09. The van der Waals surface area contributed by atoms with Gasteiger partial charge in [0.05, 0.1) is 5.75 Å². The van der Waals surface area contributed by atoms with Gasteiger partial charge >= 0.3 is 0 Å². The van der Waals surface area contributed by atoms with Crippen molar-refractivity contribution in [1.29, 1.82) is 0 Å². The first kappa shape index (κ1) is 12.9. The van der Waals surface area contributed by atoms with Crippen LogP contribution in [0.5, 0.6) is 0 Å². The van der Waals surface area contributed by atoms with Crippen LogP contribution in [0.3, 0.4) is 0 Å². The molecule has 0 amide bonds. The maximum atomic E-state index is 11.3. The predicted molar refractivity (Wildman–Crippen MR) is 55.3 cm³/mol. The summed E-state index contributed by atoms with van der Waals surface area (Å²) in [4.78, 5) is 2.05. The van der Waals surface area contributed by atoms with E-state index in [1.807, 2.05) is 19.0 Å². The van der Waals surface area contributed by atoms with Crippen LogP contribution in [-0.2, 0) is 10.0 Å². The van der Waals surface area contributed by atoms with E-state index in [0.29, 0.717) is 6.54 Å². The SMILES string of the molecule is CCS(=O)(=O)N(C)CCCN(C)C. The third kappa shape index (κ3) is 5.23. The summed E-state index contributed by atoms with van der Waals surface area (Å²) in [6, 6.07) is 0. The van der Waals surface area contributed by atoms with Crippen LogP contribution in [0.2, 0.25) is 0 Å². The van der Waals surface area contributed by atoms with Crippen LogP contribution in [0.4, 0.5) is 0 Å². The van der Waals surface area contributed by atoms with Crippen LogP contribution in [-0.4, -0.2) is 57.6 Å². The van der Waals surface area contributed by atoms with Crippen LogP contribution in [0, 0.1) is 0 Å². The Bertz CT molecular complexity index is 224. The predicted octanol–water partition coefficient (Wildman–Crippen LogP) is 0.220. The normalized spacial score (nSPS) is 12.8. The molecule has 4 nitrogen and oxygen atoms in total. The minimum absolute atomic E-state index is 0.186. The average molecular weight is 208 g/mol. The molecule has 0 fully saturated rings. The summed E-state index contributed by atoms with van der Waals surface area (Å²) >= 11 is 0. The summed E-state index contributed by atoms with van der Waals surface area (Å²) in [5.74, 6) is 0.186. The second-order valence-corrected chi connectivity index (χ2v) is 5.74. The van der Waals surface area contributed by atoms with Crippen molar-refractivity contribution in [3.05, 3.63) is 0 Å². The lowest BCUT2D eigenvalue weighted by atomic mass is 10.4. The molecular formula is C8H20N2O2S. The van der Waals surface area contributed by atoms with Gasteiger partial charge < -0.3 is 4.90 Å². The van der Waals surface area contributed by atoms with Crippen molar-refractivity contribution in [2.24, 2.45) is 0 Å². The van der Waals surface area contributed by atoms with Crippen molar-refractivity contribution in [1.82, 2.24) is 9.21 Å². The largest absolute Gasteiger partial charge is 0.309 e. The molecule has 0 radical (unpaired) electrons. The van der Waals surface area contributed by atoms with Gasteiger partial charge in [0, 0.05) is 13.6 Å². The van der Waals surface area contributed by atoms with Crippen LogP contribution in [0.15, 0.2) is 0 Å². The molecule has 0 saturated carbocycles. The lowest BCUT2D eigenvalue weighted by Crippen LogP contribution is -2.30. The number of hydrogen-bond donors (Lipinski definition) is 0. The molecule has 13 heavy (non-hydrogen) atoms. The van der Waals surface area contributed by atoms with Gasteiger partial charge in [0.25, 0.3) is 0 Å². The second kappa shape index (κ2) is 5.57. The fourth-order valence-corrected chi connectivity index (χ4v) is 1.82. The molecule has 0 spiro atoms. The van der Waals surface area contributed by atoms with Gasteiger partial charge in [0.1, 0.15) is 0 Å². The molecule has 0 heterocycles. The van der Waals surface area contributed by atoms with Crippen LogP contribution in [0.1, 0.15) is 13.3 Å². The Balaban J connectivity index is 3.82. The van der Waals surface area contributed by atoms with Gasteiger partial charge in [-0.05, 0) is 34.0 Å². The summed E-state index contributed by atoms with van der Waals surface area (Å²) in [6.45, 7) is 3.19. The van der Waals surface area contributed by atoms with Crippen LogP contribution in [0.25, 0.3) is 0 Å². The third-order valence-electron chi connectivity index (χ3n) is 1.92. The van der Waals surface area contributed by atoms with E-state index >= 15 is 0 Å². The van der Waals surface area contributed by atoms with E-state index < -0.39 is 10.0 Å². The monoisotopic (exact) mass is 208 g/mol. The lowest BCUT2D eigenvalue weighted by molar-refractivity contribution is 0.370. The molecule has 0 aliphatic rings. The third-order valence-corrected chi connectivity index (χ3v) is 3.78. The molecule has 0 N–H and O–H groups in total. The summed E-state index contributed by atoms with van der Waals surface area (Å²) in [5, 5.41) is 0. The molecule has 0 aliphatic heterocycles. The first-order chi connectivity index (χ1) is 5.90. The van der Waals surface area contributed by atoms with Crippen molar-refractivity contribution < 1.29 is 8.42 Å². The highest BCUT2D eigenvalue weighted by atomic mass is 32.2. The number of rotatable bonds is 6. The molecule has 0 unspecified atom stereocenters. The Morgan fingerprint density at radius 1 is 1.08 bits per heavy atom. The van der Waals surface area contributed by atoms with Gasteiger partial charge in [-0.25, -0.2) is 12.7 Å². The van der Waals surface area contributed by atoms with Crippen molar-refractivity contribution in [3.8, 4) is 0 Å². The molecular weight excluding hydrogens is 188 g/mol. The Hall–Kier alpha value is -0.130. The summed E-state index contributed by atoms with van der Waals surface area (Å²) < 4.78 is 24.0. The Kier molecular flexibility index (Phi) is 5.51. The van der Waals surface area contributed by atoms with Crippen LogP contribution >= 0.6 is 0 Å². The molecule has 0 aromatic rings.